The van der Waals surface area contributed by atoms with Crippen molar-refractivity contribution >= 4 is 28.6 Å². The number of aryl methyl sites for hydroxylation is 1. The number of hydrogen-bond donors (Lipinski definition) is 1. The number of aromatic nitrogens is 2. The lowest BCUT2D eigenvalue weighted by Gasteiger charge is -2.06. The molecule has 0 bridgehead atoms. The van der Waals surface area contributed by atoms with Gasteiger partial charge in [-0.25, -0.2) is 4.98 Å². The van der Waals surface area contributed by atoms with Gasteiger partial charge in [0.15, 0.2) is 0 Å². The number of anilines is 1. The van der Waals surface area contributed by atoms with E-state index in [9.17, 15) is 0 Å². The van der Waals surface area contributed by atoms with Crippen molar-refractivity contribution in [3.05, 3.63) is 53.1 Å². The van der Waals surface area contributed by atoms with Gasteiger partial charge in [-0.15, -0.1) is 0 Å². The molecule has 0 amide bonds. The third-order valence-electron chi connectivity index (χ3n) is 2.93. The molecule has 0 radical (unpaired) electrons. The molecule has 0 aliphatic carbocycles. The molecule has 0 atom stereocenters. The number of imidazole rings is 1. The van der Waals surface area contributed by atoms with Crippen LogP contribution >= 0.6 is 11.6 Å². The highest BCUT2D eigenvalue weighted by molar-refractivity contribution is 6.31. The minimum atomic E-state index is 0.469. The summed E-state index contributed by atoms with van der Waals surface area (Å²) < 4.78 is 1.92. The van der Waals surface area contributed by atoms with Crippen LogP contribution in [0.15, 0.2) is 42.5 Å². The quantitative estimate of drug-likeness (QED) is 0.724. The Kier molecular flexibility index (Phi) is 2.49. The summed E-state index contributed by atoms with van der Waals surface area (Å²) in [7, 11) is 0. The van der Waals surface area contributed by atoms with E-state index in [1.165, 1.54) is 5.56 Å². The van der Waals surface area contributed by atoms with Gasteiger partial charge in [0.05, 0.1) is 11.0 Å². The fourth-order valence-electron chi connectivity index (χ4n) is 2.04. The third kappa shape index (κ3) is 1.73. The Balaban J connectivity index is 2.28. The highest BCUT2D eigenvalue weighted by atomic mass is 35.5. The van der Waals surface area contributed by atoms with Gasteiger partial charge >= 0.3 is 0 Å². The second-order valence-corrected chi connectivity index (χ2v) is 4.71. The average Bonchev–Trinajstić information content (AvgIpc) is 2.65. The van der Waals surface area contributed by atoms with Crippen molar-refractivity contribution in [3.63, 3.8) is 0 Å². The van der Waals surface area contributed by atoms with Gasteiger partial charge in [-0.05, 0) is 37.3 Å². The normalized spacial score (nSPS) is 11.0. The Labute approximate surface area is 110 Å². The highest BCUT2D eigenvalue weighted by Crippen LogP contribution is 2.25. The van der Waals surface area contributed by atoms with E-state index in [1.54, 1.807) is 0 Å². The van der Waals surface area contributed by atoms with Crippen molar-refractivity contribution in [1.29, 1.82) is 0 Å². The first kappa shape index (κ1) is 11.1. The number of nitrogen functional groups attached to an aromatic ring is 1. The molecule has 2 N–H and O–H groups in total. The standard InChI is InChI=1S/C14H12ClN3/c1-9-2-5-11(6-3-9)18-13-7-4-10(15)8-12(13)17-14(18)16/h2-8H,1H3,(H2,16,17). The first-order valence-electron chi connectivity index (χ1n) is 5.66. The molecule has 3 nitrogen and oxygen atoms in total. The Hall–Kier alpha value is -2.00. The molecule has 0 unspecified atom stereocenters. The number of fused-ring (bicyclic) bond motifs is 1. The zero-order valence-electron chi connectivity index (χ0n) is 9.89. The summed E-state index contributed by atoms with van der Waals surface area (Å²) in [4.78, 5) is 4.33. The second-order valence-electron chi connectivity index (χ2n) is 4.27. The maximum Gasteiger partial charge on any atom is 0.205 e. The van der Waals surface area contributed by atoms with Crippen LogP contribution in [-0.4, -0.2) is 9.55 Å². The van der Waals surface area contributed by atoms with Gasteiger partial charge in [0.2, 0.25) is 5.95 Å². The molecule has 0 aliphatic rings. The molecule has 0 saturated carbocycles. The molecule has 0 spiro atoms. The second kappa shape index (κ2) is 4.03. The molecule has 1 aromatic heterocycles. The third-order valence-corrected chi connectivity index (χ3v) is 3.17. The van der Waals surface area contributed by atoms with Crippen molar-refractivity contribution in [2.45, 2.75) is 6.92 Å². The molecule has 18 heavy (non-hydrogen) atoms. The Morgan fingerprint density at radius 1 is 1.11 bits per heavy atom. The van der Waals surface area contributed by atoms with Gasteiger partial charge in [0, 0.05) is 10.7 Å². The highest BCUT2D eigenvalue weighted by Gasteiger charge is 2.09. The van der Waals surface area contributed by atoms with E-state index in [1.807, 2.05) is 34.9 Å². The number of halogens is 1. The fourth-order valence-corrected chi connectivity index (χ4v) is 2.20. The van der Waals surface area contributed by atoms with Crippen LogP contribution in [0.1, 0.15) is 5.56 Å². The summed E-state index contributed by atoms with van der Waals surface area (Å²) in [6, 6.07) is 13.8. The van der Waals surface area contributed by atoms with Gasteiger partial charge in [-0.3, -0.25) is 4.57 Å². The Morgan fingerprint density at radius 3 is 2.56 bits per heavy atom. The average molecular weight is 258 g/mol. The Bertz CT molecular complexity index is 714. The zero-order chi connectivity index (χ0) is 12.7. The molecular weight excluding hydrogens is 246 g/mol. The summed E-state index contributed by atoms with van der Waals surface area (Å²) in [5, 5.41) is 0.663. The smallest absolute Gasteiger partial charge is 0.205 e. The molecule has 0 aliphatic heterocycles. The van der Waals surface area contributed by atoms with Crippen LogP contribution in [0.5, 0.6) is 0 Å². The number of nitrogens with two attached hydrogens (primary N) is 1. The van der Waals surface area contributed by atoms with Crippen LogP contribution < -0.4 is 5.73 Å². The molecule has 0 fully saturated rings. The maximum atomic E-state index is 5.98. The van der Waals surface area contributed by atoms with Crippen molar-refractivity contribution in [1.82, 2.24) is 9.55 Å². The summed E-state index contributed by atoms with van der Waals surface area (Å²) in [5.41, 5.74) is 9.96. The lowest BCUT2D eigenvalue weighted by molar-refractivity contribution is 1.11. The SMILES string of the molecule is Cc1ccc(-n2c(N)nc3cc(Cl)ccc32)cc1. The molecule has 1 heterocycles. The topological polar surface area (TPSA) is 43.8 Å². The van der Waals surface area contributed by atoms with Crippen LogP contribution in [0, 0.1) is 6.92 Å². The van der Waals surface area contributed by atoms with E-state index in [0.717, 1.165) is 16.7 Å². The number of benzene rings is 2. The van der Waals surface area contributed by atoms with Crippen molar-refractivity contribution in [2.75, 3.05) is 5.73 Å². The molecule has 3 aromatic rings. The first-order chi connectivity index (χ1) is 8.65. The van der Waals surface area contributed by atoms with Gasteiger partial charge < -0.3 is 5.73 Å². The first-order valence-corrected chi connectivity index (χ1v) is 6.03. The van der Waals surface area contributed by atoms with E-state index in [-0.39, 0.29) is 0 Å². The molecule has 90 valence electrons. The van der Waals surface area contributed by atoms with Crippen molar-refractivity contribution in [3.8, 4) is 5.69 Å². The van der Waals surface area contributed by atoms with Crippen LogP contribution in [0.25, 0.3) is 16.7 Å². The maximum absolute atomic E-state index is 5.98. The number of hydrogen-bond acceptors (Lipinski definition) is 2. The van der Waals surface area contributed by atoms with Crippen molar-refractivity contribution < 1.29 is 0 Å². The molecule has 0 saturated heterocycles. The van der Waals surface area contributed by atoms with Gasteiger partial charge in [0.25, 0.3) is 0 Å². The zero-order valence-corrected chi connectivity index (χ0v) is 10.6. The minimum absolute atomic E-state index is 0.469. The van der Waals surface area contributed by atoms with Gasteiger partial charge in [-0.2, -0.15) is 0 Å². The predicted octanol–water partition coefficient (Wildman–Crippen LogP) is 3.57. The molecule has 3 rings (SSSR count). The summed E-state index contributed by atoms with van der Waals surface area (Å²) in [6.07, 6.45) is 0. The Morgan fingerprint density at radius 2 is 1.83 bits per heavy atom. The largest absolute Gasteiger partial charge is 0.369 e. The minimum Gasteiger partial charge on any atom is -0.369 e. The predicted molar refractivity (Wildman–Crippen MR) is 75.2 cm³/mol. The van der Waals surface area contributed by atoms with Crippen LogP contribution in [0.2, 0.25) is 5.02 Å². The van der Waals surface area contributed by atoms with E-state index >= 15 is 0 Å². The van der Waals surface area contributed by atoms with Crippen LogP contribution in [0.4, 0.5) is 5.95 Å². The monoisotopic (exact) mass is 257 g/mol. The molecular formula is C14H12ClN3. The molecule has 2 aromatic carbocycles. The van der Waals surface area contributed by atoms with Crippen LogP contribution in [0.3, 0.4) is 0 Å². The van der Waals surface area contributed by atoms with Gasteiger partial charge in [-0.1, -0.05) is 29.3 Å². The summed E-state index contributed by atoms with van der Waals surface area (Å²) in [6.45, 7) is 2.05. The van der Waals surface area contributed by atoms with E-state index in [2.05, 4.69) is 24.0 Å². The summed E-state index contributed by atoms with van der Waals surface area (Å²) >= 11 is 5.96. The molecule has 4 heteroatoms. The lowest BCUT2D eigenvalue weighted by atomic mass is 10.2. The van der Waals surface area contributed by atoms with Crippen LogP contribution in [-0.2, 0) is 0 Å². The summed E-state index contributed by atoms with van der Waals surface area (Å²) in [5.74, 6) is 0.469. The van der Waals surface area contributed by atoms with Gasteiger partial charge in [0.1, 0.15) is 0 Å². The lowest BCUT2D eigenvalue weighted by Crippen LogP contribution is -2.00. The number of nitrogens with zero attached hydrogens (tertiary/aromatic N) is 2. The fraction of sp³-hybridized carbons (Fsp3) is 0.0714. The van der Waals surface area contributed by atoms with E-state index in [0.29, 0.717) is 11.0 Å². The van der Waals surface area contributed by atoms with E-state index < -0.39 is 0 Å². The number of rotatable bonds is 1. The van der Waals surface area contributed by atoms with Crippen molar-refractivity contribution in [2.24, 2.45) is 0 Å². The van der Waals surface area contributed by atoms with E-state index in [4.69, 9.17) is 17.3 Å².